The fourth-order valence-corrected chi connectivity index (χ4v) is 1.44. The lowest BCUT2D eigenvalue weighted by Gasteiger charge is -2.21. The molecule has 1 aromatic rings. The van der Waals surface area contributed by atoms with Crippen molar-refractivity contribution in [2.24, 2.45) is 0 Å². The number of hydrogen-bond donors (Lipinski definition) is 0. The molecule has 0 atom stereocenters. The molecule has 1 heterocycles. The fraction of sp³-hybridized carbons (Fsp3) is 0.733. The van der Waals surface area contributed by atoms with Crippen LogP contribution in [0.1, 0.15) is 54.4 Å². The third-order valence-electron chi connectivity index (χ3n) is 3.93. The van der Waals surface area contributed by atoms with Gasteiger partial charge >= 0.3 is 0 Å². The van der Waals surface area contributed by atoms with Crippen molar-refractivity contribution in [1.82, 2.24) is 4.57 Å². The highest BCUT2D eigenvalue weighted by Gasteiger charge is 2.28. The molecule has 0 saturated carbocycles. The lowest BCUT2D eigenvalue weighted by atomic mass is 10.0. The Kier molecular flexibility index (Phi) is 6.76. The second-order valence-electron chi connectivity index (χ2n) is 6.01. The summed E-state index contributed by atoms with van der Waals surface area (Å²) in [5.74, 6) is 0. The van der Waals surface area contributed by atoms with E-state index in [9.17, 15) is 0 Å². The zero-order valence-corrected chi connectivity index (χ0v) is 13.8. The van der Waals surface area contributed by atoms with Gasteiger partial charge in [0.25, 0.3) is 6.16 Å². The van der Waals surface area contributed by atoms with Gasteiger partial charge in [-0.1, -0.05) is 13.8 Å². The monoisotopic (exact) mass is 284 g/mol. The molecule has 5 nitrogen and oxygen atoms in total. The van der Waals surface area contributed by atoms with Gasteiger partial charge in [0.05, 0.1) is 0 Å². The van der Waals surface area contributed by atoms with Gasteiger partial charge in [-0.05, 0) is 40.5 Å². The first-order valence-corrected chi connectivity index (χ1v) is 6.96. The Morgan fingerprint density at radius 1 is 1.25 bits per heavy atom. The predicted octanol–water partition coefficient (Wildman–Crippen LogP) is 2.04. The Morgan fingerprint density at radius 3 is 2.10 bits per heavy atom. The number of aromatic nitrogens is 2. The second-order valence-corrected chi connectivity index (χ2v) is 6.01. The number of nitrogens with zero attached hydrogens (tertiary/aromatic N) is 2. The zero-order valence-electron chi connectivity index (χ0n) is 13.8. The molecular weight excluding hydrogens is 256 g/mol. The quantitative estimate of drug-likeness (QED) is 0.628. The molecule has 1 rings (SSSR count). The highest BCUT2D eigenvalue weighted by atomic mass is 16.6. The van der Waals surface area contributed by atoms with Crippen LogP contribution in [0.3, 0.4) is 0 Å². The molecule has 0 aliphatic rings. The molecule has 0 aliphatic carbocycles. The van der Waals surface area contributed by atoms with E-state index in [0.29, 0.717) is 0 Å². The Bertz CT molecular complexity index is 392. The van der Waals surface area contributed by atoms with E-state index in [0.717, 1.165) is 20.0 Å². The minimum absolute atomic E-state index is 0.217. The standard InChI is InChI=1S/C13H25N2.C2H4O3/c1-7-12(3,4)14-9-10-15(11-14)13(5,6)8-2;1-5-2(3)4/h9-11H,7-8H2,1-6H3;1H3,(H,3,4)/q+1;/p-1. The summed E-state index contributed by atoms with van der Waals surface area (Å²) in [5, 5.41) is 9.03. The minimum Gasteiger partial charge on any atom is -0.553 e. The van der Waals surface area contributed by atoms with Crippen molar-refractivity contribution >= 4 is 6.16 Å². The van der Waals surface area contributed by atoms with Gasteiger partial charge in [0.1, 0.15) is 23.5 Å². The van der Waals surface area contributed by atoms with Gasteiger partial charge in [-0.15, -0.1) is 0 Å². The third kappa shape index (κ3) is 5.23. The largest absolute Gasteiger partial charge is 0.553 e. The first kappa shape index (κ1) is 18.5. The summed E-state index contributed by atoms with van der Waals surface area (Å²) in [6.45, 7) is 13.6. The van der Waals surface area contributed by atoms with E-state index in [1.165, 1.54) is 0 Å². The number of carbonyl (C=O) groups excluding carboxylic acids is 1. The molecule has 116 valence electrons. The molecule has 0 radical (unpaired) electrons. The van der Waals surface area contributed by atoms with Crippen LogP contribution in [0.2, 0.25) is 0 Å². The molecule has 0 aliphatic heterocycles. The Hall–Kier alpha value is -1.52. The summed E-state index contributed by atoms with van der Waals surface area (Å²) in [4.78, 5) is 9.03. The van der Waals surface area contributed by atoms with Crippen LogP contribution in [0.5, 0.6) is 0 Å². The van der Waals surface area contributed by atoms with Gasteiger partial charge in [-0.25, -0.2) is 9.13 Å². The van der Waals surface area contributed by atoms with Crippen molar-refractivity contribution in [3.8, 4) is 0 Å². The van der Waals surface area contributed by atoms with E-state index in [1.54, 1.807) is 0 Å². The average molecular weight is 284 g/mol. The summed E-state index contributed by atoms with van der Waals surface area (Å²) in [6, 6.07) is 0. The number of imidazole rings is 1. The van der Waals surface area contributed by atoms with Gasteiger partial charge in [-0.3, -0.25) is 0 Å². The molecular formula is C15H28N2O3. The fourth-order valence-electron chi connectivity index (χ4n) is 1.44. The first-order chi connectivity index (χ1) is 9.10. The van der Waals surface area contributed by atoms with Crippen LogP contribution >= 0.6 is 0 Å². The molecule has 0 amide bonds. The van der Waals surface area contributed by atoms with Gasteiger partial charge < -0.3 is 14.6 Å². The number of methoxy groups -OCH3 is 1. The molecule has 0 unspecified atom stereocenters. The van der Waals surface area contributed by atoms with Crippen molar-refractivity contribution < 1.29 is 19.2 Å². The number of carbonyl (C=O) groups is 1. The van der Waals surface area contributed by atoms with E-state index >= 15 is 0 Å². The van der Waals surface area contributed by atoms with Crippen molar-refractivity contribution in [2.75, 3.05) is 7.11 Å². The molecule has 0 fully saturated rings. The number of hydrogen-bond acceptors (Lipinski definition) is 3. The summed E-state index contributed by atoms with van der Waals surface area (Å²) in [5.41, 5.74) is 0.435. The summed E-state index contributed by atoms with van der Waals surface area (Å²) in [7, 11) is 1.04. The van der Waals surface area contributed by atoms with Crippen LogP contribution in [-0.4, -0.2) is 17.8 Å². The van der Waals surface area contributed by atoms with Gasteiger partial charge in [-0.2, -0.15) is 0 Å². The van der Waals surface area contributed by atoms with Crippen LogP contribution in [-0.2, 0) is 15.8 Å². The number of ether oxygens (including phenoxy) is 1. The van der Waals surface area contributed by atoms with Crippen molar-refractivity contribution in [3.05, 3.63) is 18.7 Å². The summed E-state index contributed by atoms with van der Waals surface area (Å²) in [6.07, 6.45) is 7.39. The lowest BCUT2D eigenvalue weighted by molar-refractivity contribution is -0.758. The molecule has 0 saturated heterocycles. The van der Waals surface area contributed by atoms with E-state index in [-0.39, 0.29) is 11.1 Å². The number of rotatable bonds is 4. The summed E-state index contributed by atoms with van der Waals surface area (Å²) < 4.78 is 8.18. The Balaban J connectivity index is 0.000000621. The zero-order chi connectivity index (χ0) is 16.0. The maximum absolute atomic E-state index is 9.03. The molecule has 0 N–H and O–H groups in total. The van der Waals surface area contributed by atoms with Crippen LogP contribution < -0.4 is 9.67 Å². The van der Waals surface area contributed by atoms with E-state index in [2.05, 4.69) is 74.1 Å². The van der Waals surface area contributed by atoms with Crippen molar-refractivity contribution in [1.29, 1.82) is 0 Å². The third-order valence-corrected chi connectivity index (χ3v) is 3.93. The first-order valence-electron chi connectivity index (χ1n) is 6.96. The topological polar surface area (TPSA) is 58.2 Å². The van der Waals surface area contributed by atoms with Crippen LogP contribution in [0.15, 0.2) is 18.7 Å². The van der Waals surface area contributed by atoms with Crippen LogP contribution in [0.4, 0.5) is 4.79 Å². The molecule has 0 aromatic carbocycles. The minimum atomic E-state index is -1.50. The van der Waals surface area contributed by atoms with E-state index in [4.69, 9.17) is 9.90 Å². The molecule has 0 bridgehead atoms. The number of carboxylic acid groups (broad SMARTS) is 1. The van der Waals surface area contributed by atoms with Crippen LogP contribution in [0.25, 0.3) is 0 Å². The van der Waals surface area contributed by atoms with E-state index < -0.39 is 6.16 Å². The maximum atomic E-state index is 9.03. The smallest absolute Gasteiger partial charge is 0.251 e. The maximum Gasteiger partial charge on any atom is 0.251 e. The van der Waals surface area contributed by atoms with Crippen molar-refractivity contribution in [2.45, 2.75) is 65.5 Å². The second kappa shape index (κ2) is 7.31. The molecule has 1 aromatic heterocycles. The molecule has 0 spiro atoms. The Morgan fingerprint density at radius 2 is 1.75 bits per heavy atom. The van der Waals surface area contributed by atoms with Gasteiger partial charge in [0.2, 0.25) is 6.33 Å². The highest BCUT2D eigenvalue weighted by Crippen LogP contribution is 2.19. The normalized spacial score (nSPS) is 11.6. The van der Waals surface area contributed by atoms with Gasteiger partial charge in [0, 0.05) is 7.11 Å². The molecule has 5 heteroatoms. The predicted molar refractivity (Wildman–Crippen MR) is 76.3 cm³/mol. The lowest BCUT2D eigenvalue weighted by Crippen LogP contribution is -2.50. The summed E-state index contributed by atoms with van der Waals surface area (Å²) >= 11 is 0. The van der Waals surface area contributed by atoms with Crippen LogP contribution in [0, 0.1) is 0 Å². The SMILES string of the molecule is CCC(C)(C)n1cc[n+](C(C)(C)CC)c1.COC(=O)[O-]. The Labute approximate surface area is 122 Å². The molecule has 20 heavy (non-hydrogen) atoms. The van der Waals surface area contributed by atoms with E-state index in [1.807, 2.05) is 0 Å². The van der Waals surface area contributed by atoms with Gasteiger partial charge in [0.15, 0.2) is 0 Å². The average Bonchev–Trinajstić information content (AvgIpc) is 2.90. The van der Waals surface area contributed by atoms with Crippen molar-refractivity contribution in [3.63, 3.8) is 0 Å². The highest BCUT2D eigenvalue weighted by molar-refractivity contribution is 5.53.